The highest BCUT2D eigenvalue weighted by atomic mass is 79.9. The number of hydrogen-bond acceptors (Lipinski definition) is 3. The highest BCUT2D eigenvalue weighted by molar-refractivity contribution is 9.10. The lowest BCUT2D eigenvalue weighted by Gasteiger charge is -2.14. The minimum absolute atomic E-state index is 0.0418. The summed E-state index contributed by atoms with van der Waals surface area (Å²) in [6.07, 6.45) is 3.75. The Morgan fingerprint density at radius 2 is 1.94 bits per heavy atom. The van der Waals surface area contributed by atoms with E-state index in [0.717, 1.165) is 10.0 Å². The first-order chi connectivity index (χ1) is 15.9. The van der Waals surface area contributed by atoms with Gasteiger partial charge in [-0.25, -0.2) is 4.39 Å². The van der Waals surface area contributed by atoms with E-state index in [2.05, 4.69) is 43.8 Å². The summed E-state index contributed by atoms with van der Waals surface area (Å²) in [7, 11) is 0. The molecule has 0 spiro atoms. The summed E-state index contributed by atoms with van der Waals surface area (Å²) in [4.78, 5) is 12.6. The fourth-order valence-corrected chi connectivity index (χ4v) is 4.12. The van der Waals surface area contributed by atoms with Gasteiger partial charge in [0.1, 0.15) is 29.8 Å². The lowest BCUT2D eigenvalue weighted by atomic mass is 10.0. The Morgan fingerprint density at radius 1 is 1.15 bits per heavy atom. The summed E-state index contributed by atoms with van der Waals surface area (Å²) in [5, 5.41) is 12.3. The number of nitriles is 1. The van der Waals surface area contributed by atoms with E-state index in [-0.39, 0.29) is 18.0 Å². The van der Waals surface area contributed by atoms with Crippen molar-refractivity contribution in [3.63, 3.8) is 0 Å². The molecule has 33 heavy (non-hydrogen) atoms. The second kappa shape index (κ2) is 11.6. The van der Waals surface area contributed by atoms with E-state index in [1.807, 2.05) is 18.2 Å². The third-order valence-electron chi connectivity index (χ3n) is 4.54. The van der Waals surface area contributed by atoms with E-state index in [0.29, 0.717) is 33.5 Å². The van der Waals surface area contributed by atoms with E-state index in [4.69, 9.17) is 4.74 Å². The minimum Gasteiger partial charge on any atom is -0.487 e. The highest BCUT2D eigenvalue weighted by Gasteiger charge is 2.14. The topological polar surface area (TPSA) is 62.1 Å². The predicted octanol–water partition coefficient (Wildman–Crippen LogP) is 7.20. The average Bonchev–Trinajstić information content (AvgIpc) is 2.77. The van der Waals surface area contributed by atoms with Crippen molar-refractivity contribution >= 4 is 49.5 Å². The lowest BCUT2D eigenvalue weighted by Crippen LogP contribution is -2.13. The van der Waals surface area contributed by atoms with Crippen molar-refractivity contribution in [1.29, 1.82) is 5.26 Å². The largest absolute Gasteiger partial charge is 0.487 e. The van der Waals surface area contributed by atoms with Crippen LogP contribution in [0.25, 0.3) is 6.08 Å². The van der Waals surface area contributed by atoms with E-state index < -0.39 is 5.91 Å². The van der Waals surface area contributed by atoms with Crippen LogP contribution in [0.5, 0.6) is 5.75 Å². The first-order valence-electron chi connectivity index (χ1n) is 9.89. The molecule has 0 aliphatic heterocycles. The number of rotatable bonds is 8. The molecule has 0 fully saturated rings. The van der Waals surface area contributed by atoms with E-state index in [9.17, 15) is 14.4 Å². The maximum Gasteiger partial charge on any atom is 0.266 e. The Bertz CT molecular complexity index is 1270. The molecule has 0 unspecified atom stereocenters. The predicted molar refractivity (Wildman–Crippen MR) is 135 cm³/mol. The van der Waals surface area contributed by atoms with Gasteiger partial charge in [-0.15, -0.1) is 6.58 Å². The van der Waals surface area contributed by atoms with Crippen LogP contribution in [0.4, 0.5) is 10.1 Å². The monoisotopic (exact) mass is 568 g/mol. The number of halogens is 3. The maximum absolute atomic E-state index is 13.5. The van der Waals surface area contributed by atoms with Crippen LogP contribution >= 0.6 is 31.9 Å². The van der Waals surface area contributed by atoms with Gasteiger partial charge >= 0.3 is 0 Å². The summed E-state index contributed by atoms with van der Waals surface area (Å²) in [5.41, 5.74) is 2.70. The third kappa shape index (κ3) is 6.88. The number of benzene rings is 3. The second-order valence-corrected chi connectivity index (χ2v) is 8.81. The van der Waals surface area contributed by atoms with Gasteiger partial charge in [-0.05, 0) is 87.6 Å². The van der Waals surface area contributed by atoms with Crippen LogP contribution in [0, 0.1) is 17.1 Å². The molecule has 0 bridgehead atoms. The molecular formula is C26H19Br2FN2O2. The quantitative estimate of drug-likeness (QED) is 0.177. The molecule has 166 valence electrons. The summed E-state index contributed by atoms with van der Waals surface area (Å²) in [5.74, 6) is -0.246. The molecule has 3 aromatic carbocycles. The van der Waals surface area contributed by atoms with Crippen molar-refractivity contribution in [1.82, 2.24) is 0 Å². The number of nitrogens with zero attached hydrogens (tertiary/aromatic N) is 1. The van der Waals surface area contributed by atoms with Gasteiger partial charge in [-0.1, -0.05) is 40.2 Å². The molecule has 0 saturated carbocycles. The molecule has 4 nitrogen and oxygen atoms in total. The van der Waals surface area contributed by atoms with Crippen molar-refractivity contribution in [3.05, 3.63) is 110 Å². The Kier molecular flexibility index (Phi) is 8.58. The standard InChI is InChI=1S/C26H19Br2FN2O2/c1-2-5-19-10-18(11-20(15-30)26(32)31-23-9-4-7-21(27)14-23)13-24(28)25(19)33-16-17-6-3-8-22(29)12-17/h2-4,6-14H,1,5,16H2,(H,31,32)/b20-11-. The first kappa shape index (κ1) is 24.4. The molecule has 0 aromatic heterocycles. The van der Waals surface area contributed by atoms with Gasteiger partial charge < -0.3 is 10.1 Å². The summed E-state index contributed by atoms with van der Waals surface area (Å²) < 4.78 is 20.9. The van der Waals surface area contributed by atoms with Crippen molar-refractivity contribution < 1.29 is 13.9 Å². The van der Waals surface area contributed by atoms with Crippen molar-refractivity contribution in [3.8, 4) is 11.8 Å². The van der Waals surface area contributed by atoms with Crippen molar-refractivity contribution in [2.24, 2.45) is 0 Å². The van der Waals surface area contributed by atoms with Crippen LogP contribution in [0.3, 0.4) is 0 Å². The molecule has 1 N–H and O–H groups in total. The summed E-state index contributed by atoms with van der Waals surface area (Å²) in [6.45, 7) is 3.98. The number of ether oxygens (including phenoxy) is 1. The lowest BCUT2D eigenvalue weighted by molar-refractivity contribution is -0.112. The van der Waals surface area contributed by atoms with Crippen LogP contribution in [-0.4, -0.2) is 5.91 Å². The number of carbonyl (C=O) groups is 1. The zero-order chi connectivity index (χ0) is 23.8. The molecule has 0 saturated heterocycles. The zero-order valence-corrected chi connectivity index (χ0v) is 20.6. The van der Waals surface area contributed by atoms with Gasteiger partial charge in [0.2, 0.25) is 0 Å². The molecule has 3 aromatic rings. The molecule has 0 heterocycles. The number of allylic oxidation sites excluding steroid dienone is 1. The van der Waals surface area contributed by atoms with Crippen LogP contribution in [0.2, 0.25) is 0 Å². The van der Waals surface area contributed by atoms with Gasteiger partial charge in [-0.3, -0.25) is 4.79 Å². The summed E-state index contributed by atoms with van der Waals surface area (Å²) >= 11 is 6.87. The van der Waals surface area contributed by atoms with Gasteiger partial charge in [0.05, 0.1) is 4.47 Å². The van der Waals surface area contributed by atoms with E-state index >= 15 is 0 Å². The fourth-order valence-electron chi connectivity index (χ4n) is 3.09. The SMILES string of the molecule is C=CCc1cc(/C=C(/C#N)C(=O)Nc2cccc(Br)c2)cc(Br)c1OCc1cccc(F)c1. The molecular weight excluding hydrogens is 551 g/mol. The Hall–Kier alpha value is -3.21. The summed E-state index contributed by atoms with van der Waals surface area (Å²) in [6, 6.07) is 18.9. The van der Waals surface area contributed by atoms with Gasteiger partial charge in [0.15, 0.2) is 0 Å². The number of amides is 1. The molecule has 7 heteroatoms. The van der Waals surface area contributed by atoms with Crippen LogP contribution < -0.4 is 10.1 Å². The van der Waals surface area contributed by atoms with Gasteiger partial charge in [0.25, 0.3) is 5.91 Å². The fraction of sp³-hybridized carbons (Fsp3) is 0.0769. The maximum atomic E-state index is 13.5. The molecule has 0 atom stereocenters. The minimum atomic E-state index is -0.511. The van der Waals surface area contributed by atoms with Crippen LogP contribution in [0.15, 0.2) is 87.8 Å². The average molecular weight is 570 g/mol. The van der Waals surface area contributed by atoms with Gasteiger partial charge in [0, 0.05) is 10.2 Å². The first-order valence-corrected chi connectivity index (χ1v) is 11.5. The van der Waals surface area contributed by atoms with E-state index in [1.54, 1.807) is 42.5 Å². The normalized spacial score (nSPS) is 10.9. The number of carbonyl (C=O) groups excluding carboxylic acids is 1. The number of hydrogen-bond donors (Lipinski definition) is 1. The van der Waals surface area contributed by atoms with Crippen molar-refractivity contribution in [2.45, 2.75) is 13.0 Å². The molecule has 1 amide bonds. The third-order valence-corrected chi connectivity index (χ3v) is 5.62. The number of nitrogens with one attached hydrogen (secondary N) is 1. The highest BCUT2D eigenvalue weighted by Crippen LogP contribution is 2.33. The molecule has 0 aliphatic rings. The van der Waals surface area contributed by atoms with E-state index in [1.165, 1.54) is 18.2 Å². The Balaban J connectivity index is 1.85. The number of anilines is 1. The van der Waals surface area contributed by atoms with Crippen molar-refractivity contribution in [2.75, 3.05) is 5.32 Å². The Morgan fingerprint density at radius 3 is 2.64 bits per heavy atom. The van der Waals surface area contributed by atoms with Crippen LogP contribution in [0.1, 0.15) is 16.7 Å². The second-order valence-electron chi connectivity index (χ2n) is 7.04. The molecule has 3 rings (SSSR count). The smallest absolute Gasteiger partial charge is 0.266 e. The molecule has 0 radical (unpaired) electrons. The molecule has 0 aliphatic carbocycles. The van der Waals surface area contributed by atoms with Crippen LogP contribution in [-0.2, 0) is 17.8 Å². The van der Waals surface area contributed by atoms with Gasteiger partial charge in [-0.2, -0.15) is 5.26 Å². The zero-order valence-electron chi connectivity index (χ0n) is 17.4. The Labute approximate surface area is 208 Å².